The first kappa shape index (κ1) is 23.2. The Morgan fingerprint density at radius 2 is 1.85 bits per heavy atom. The summed E-state index contributed by atoms with van der Waals surface area (Å²) in [6, 6.07) is 8.99. The van der Waals surface area contributed by atoms with E-state index in [4.69, 9.17) is 9.47 Å². The van der Waals surface area contributed by atoms with E-state index in [0.29, 0.717) is 47.7 Å². The van der Waals surface area contributed by atoms with Crippen molar-refractivity contribution in [2.45, 2.75) is 26.2 Å². The van der Waals surface area contributed by atoms with Gasteiger partial charge in [0.05, 0.1) is 25.2 Å². The minimum Gasteiger partial charge on any atom is -0.508 e. The Balaban J connectivity index is 1.71. The minimum atomic E-state index is -0.329. The second kappa shape index (κ2) is 9.11. The van der Waals surface area contributed by atoms with Crippen molar-refractivity contribution >= 4 is 28.9 Å². The number of aliphatic imine (C=N–C) groups is 1. The molecule has 0 radical (unpaired) electrons. The number of thioether (sulfide) groups is 1. The minimum absolute atomic E-state index is 0.0446. The van der Waals surface area contributed by atoms with Crippen LogP contribution in [0.3, 0.4) is 0 Å². The molecule has 33 heavy (non-hydrogen) atoms. The zero-order valence-electron chi connectivity index (χ0n) is 19.2. The number of rotatable bonds is 3. The van der Waals surface area contributed by atoms with Crippen LogP contribution in [-0.2, 0) is 14.9 Å². The first-order valence-corrected chi connectivity index (χ1v) is 11.6. The number of ether oxygens (including phenoxy) is 2. The SMILES string of the molecule is COc1cc(-c2ccc(O)c(C(C)(C)C)c2)cc(/C=C2/SC(N3CCOCC3)=NC2=O)c1O. The van der Waals surface area contributed by atoms with E-state index >= 15 is 0 Å². The van der Waals surface area contributed by atoms with Crippen LogP contribution < -0.4 is 4.74 Å². The zero-order valence-corrected chi connectivity index (χ0v) is 20.0. The van der Waals surface area contributed by atoms with E-state index in [1.807, 2.05) is 43.9 Å². The summed E-state index contributed by atoms with van der Waals surface area (Å²) in [5.41, 5.74) is 2.70. The average molecular weight is 469 g/mol. The van der Waals surface area contributed by atoms with E-state index in [1.54, 1.807) is 18.2 Å². The van der Waals surface area contributed by atoms with Crippen molar-refractivity contribution in [3.05, 3.63) is 46.4 Å². The molecule has 8 heteroatoms. The molecule has 0 bridgehead atoms. The molecule has 1 amide bonds. The molecular weight excluding hydrogens is 440 g/mol. The third-order valence-electron chi connectivity index (χ3n) is 5.64. The Kier molecular flexibility index (Phi) is 6.41. The quantitative estimate of drug-likeness (QED) is 0.646. The van der Waals surface area contributed by atoms with Crippen molar-refractivity contribution in [3.8, 4) is 28.4 Å². The van der Waals surface area contributed by atoms with Gasteiger partial charge in [-0.25, -0.2) is 0 Å². The summed E-state index contributed by atoms with van der Waals surface area (Å²) in [5, 5.41) is 21.7. The van der Waals surface area contributed by atoms with E-state index in [1.165, 1.54) is 18.9 Å². The van der Waals surface area contributed by atoms with Gasteiger partial charge in [0.15, 0.2) is 16.7 Å². The lowest BCUT2D eigenvalue weighted by Crippen LogP contribution is -2.38. The topological polar surface area (TPSA) is 91.6 Å². The predicted molar refractivity (Wildman–Crippen MR) is 131 cm³/mol. The lowest BCUT2D eigenvalue weighted by atomic mass is 9.84. The number of nitrogens with zero attached hydrogens (tertiary/aromatic N) is 2. The van der Waals surface area contributed by atoms with Crippen molar-refractivity contribution in [2.75, 3.05) is 33.4 Å². The van der Waals surface area contributed by atoms with Crippen LogP contribution in [-0.4, -0.2) is 59.6 Å². The van der Waals surface area contributed by atoms with Crippen LogP contribution in [0.1, 0.15) is 31.9 Å². The lowest BCUT2D eigenvalue weighted by molar-refractivity contribution is -0.113. The number of phenolic OH excluding ortho intramolecular Hbond substituents is 2. The maximum absolute atomic E-state index is 12.6. The van der Waals surface area contributed by atoms with Gasteiger partial charge in [-0.3, -0.25) is 4.79 Å². The maximum Gasteiger partial charge on any atom is 0.286 e. The number of methoxy groups -OCH3 is 1. The highest BCUT2D eigenvalue weighted by Crippen LogP contribution is 2.41. The number of benzene rings is 2. The van der Waals surface area contributed by atoms with Crippen LogP contribution in [0.25, 0.3) is 17.2 Å². The number of aromatic hydroxyl groups is 2. The zero-order chi connectivity index (χ0) is 23.8. The Morgan fingerprint density at radius 3 is 2.52 bits per heavy atom. The second-order valence-electron chi connectivity index (χ2n) is 9.01. The highest BCUT2D eigenvalue weighted by Gasteiger charge is 2.28. The monoisotopic (exact) mass is 468 g/mol. The summed E-state index contributed by atoms with van der Waals surface area (Å²) < 4.78 is 10.8. The normalized spacial score (nSPS) is 18.1. The van der Waals surface area contributed by atoms with E-state index in [2.05, 4.69) is 4.99 Å². The van der Waals surface area contributed by atoms with Gasteiger partial charge in [0.25, 0.3) is 5.91 Å². The molecule has 2 heterocycles. The Bertz CT molecular complexity index is 1140. The highest BCUT2D eigenvalue weighted by atomic mass is 32.2. The van der Waals surface area contributed by atoms with Crippen molar-refractivity contribution < 1.29 is 24.5 Å². The fraction of sp³-hybridized carbons (Fsp3) is 0.360. The maximum atomic E-state index is 12.6. The Morgan fingerprint density at radius 1 is 1.12 bits per heavy atom. The molecule has 7 nitrogen and oxygen atoms in total. The third-order valence-corrected chi connectivity index (χ3v) is 6.68. The fourth-order valence-corrected chi connectivity index (χ4v) is 4.76. The molecule has 1 fully saturated rings. The van der Waals surface area contributed by atoms with Crippen LogP contribution in [0.15, 0.2) is 40.2 Å². The van der Waals surface area contributed by atoms with Gasteiger partial charge in [-0.15, -0.1) is 0 Å². The van der Waals surface area contributed by atoms with Crippen molar-refractivity contribution in [1.29, 1.82) is 0 Å². The molecule has 1 saturated heterocycles. The number of carbonyl (C=O) groups excluding carboxylic acids is 1. The van der Waals surface area contributed by atoms with Crippen LogP contribution in [0.5, 0.6) is 17.2 Å². The number of morpholine rings is 1. The third kappa shape index (κ3) is 4.86. The summed E-state index contributed by atoms with van der Waals surface area (Å²) in [4.78, 5) is 19.2. The molecule has 2 aromatic rings. The van der Waals surface area contributed by atoms with Gasteiger partial charge in [-0.05, 0) is 64.2 Å². The van der Waals surface area contributed by atoms with Gasteiger partial charge in [0.2, 0.25) is 0 Å². The second-order valence-corrected chi connectivity index (χ2v) is 10.0. The van der Waals surface area contributed by atoms with E-state index in [0.717, 1.165) is 16.7 Å². The van der Waals surface area contributed by atoms with Crippen LogP contribution in [0, 0.1) is 0 Å². The molecule has 0 aromatic heterocycles. The first-order valence-electron chi connectivity index (χ1n) is 10.8. The van der Waals surface area contributed by atoms with Crippen molar-refractivity contribution in [2.24, 2.45) is 4.99 Å². The number of amides is 1. The Labute approximate surface area is 197 Å². The molecule has 0 aliphatic carbocycles. The summed E-state index contributed by atoms with van der Waals surface area (Å²) >= 11 is 1.30. The number of hydrogen-bond donors (Lipinski definition) is 2. The predicted octanol–water partition coefficient (Wildman–Crippen LogP) is 4.37. The van der Waals surface area contributed by atoms with Crippen LogP contribution in [0.4, 0.5) is 0 Å². The van der Waals surface area contributed by atoms with E-state index in [-0.39, 0.29) is 22.8 Å². The molecule has 4 rings (SSSR count). The molecule has 2 aromatic carbocycles. The standard InChI is InChI=1S/C25H28N2O5S/c1-25(2,3)18-12-15(5-6-19(18)28)16-11-17(22(29)20(13-16)31-4)14-21-23(30)26-24(33-21)27-7-9-32-10-8-27/h5-6,11-14,28-29H,7-10H2,1-4H3/b21-14+. The average Bonchev–Trinajstić information content (AvgIpc) is 3.15. The van der Waals surface area contributed by atoms with Gasteiger partial charge in [0.1, 0.15) is 5.75 Å². The molecule has 0 spiro atoms. The molecular formula is C25H28N2O5S. The largest absolute Gasteiger partial charge is 0.508 e. The summed E-state index contributed by atoms with van der Waals surface area (Å²) in [7, 11) is 1.49. The van der Waals surface area contributed by atoms with E-state index in [9.17, 15) is 15.0 Å². The highest BCUT2D eigenvalue weighted by molar-refractivity contribution is 8.18. The van der Waals surface area contributed by atoms with Crippen LogP contribution >= 0.6 is 11.8 Å². The fourth-order valence-electron chi connectivity index (χ4n) is 3.81. The number of amidine groups is 1. The summed E-state index contributed by atoms with van der Waals surface area (Å²) in [5.74, 6) is 0.163. The molecule has 0 unspecified atom stereocenters. The number of hydrogen-bond acceptors (Lipinski definition) is 7. The summed E-state index contributed by atoms with van der Waals surface area (Å²) in [6.45, 7) is 8.71. The smallest absolute Gasteiger partial charge is 0.286 e. The van der Waals surface area contributed by atoms with Gasteiger partial charge < -0.3 is 24.6 Å². The van der Waals surface area contributed by atoms with Crippen molar-refractivity contribution in [1.82, 2.24) is 4.90 Å². The molecule has 2 aliphatic heterocycles. The van der Waals surface area contributed by atoms with Gasteiger partial charge in [-0.1, -0.05) is 26.8 Å². The van der Waals surface area contributed by atoms with Crippen LogP contribution in [0.2, 0.25) is 0 Å². The molecule has 0 saturated carbocycles. The molecule has 2 N–H and O–H groups in total. The van der Waals surface area contributed by atoms with Gasteiger partial charge >= 0.3 is 0 Å². The molecule has 2 aliphatic rings. The lowest BCUT2D eigenvalue weighted by Gasteiger charge is -2.27. The first-order chi connectivity index (χ1) is 15.7. The van der Waals surface area contributed by atoms with Crippen molar-refractivity contribution in [3.63, 3.8) is 0 Å². The Hall–Kier alpha value is -2.97. The van der Waals surface area contributed by atoms with Gasteiger partial charge in [0, 0.05) is 18.7 Å². The van der Waals surface area contributed by atoms with Gasteiger partial charge in [-0.2, -0.15) is 4.99 Å². The molecule has 0 atom stereocenters. The summed E-state index contributed by atoms with van der Waals surface area (Å²) in [6.07, 6.45) is 1.65. The number of carbonyl (C=O) groups is 1. The molecule has 174 valence electrons. The number of phenols is 2. The van der Waals surface area contributed by atoms with E-state index < -0.39 is 0 Å².